The van der Waals surface area contributed by atoms with Gasteiger partial charge in [0.15, 0.2) is 0 Å². The van der Waals surface area contributed by atoms with Crippen LogP contribution in [-0.2, 0) is 4.79 Å². The Morgan fingerprint density at radius 3 is 2.58 bits per heavy atom. The second kappa shape index (κ2) is 9.89. The molecular weight excluding hydrogens is 328 g/mol. The molecule has 0 aromatic carbocycles. The lowest BCUT2D eigenvalue weighted by Gasteiger charge is -2.39. The van der Waals surface area contributed by atoms with E-state index in [4.69, 9.17) is 5.11 Å². The molecule has 0 heterocycles. The van der Waals surface area contributed by atoms with E-state index in [9.17, 15) is 15.0 Å². The highest BCUT2D eigenvalue weighted by atomic mass is 16.4. The molecule has 1 aliphatic carbocycles. The lowest BCUT2D eigenvalue weighted by atomic mass is 9.67. The lowest BCUT2D eigenvalue weighted by Crippen LogP contribution is -2.36. The van der Waals surface area contributed by atoms with Crippen LogP contribution in [0, 0.1) is 5.41 Å². The molecule has 1 rings (SSSR count). The molecular formula is C22H34O4. The van der Waals surface area contributed by atoms with Crippen molar-refractivity contribution in [3.8, 4) is 0 Å². The van der Waals surface area contributed by atoms with Gasteiger partial charge in [-0.3, -0.25) is 4.79 Å². The number of carboxylic acids is 1. The third-order valence-electron chi connectivity index (χ3n) is 4.91. The van der Waals surface area contributed by atoms with Crippen LogP contribution in [0.5, 0.6) is 0 Å². The maximum atomic E-state index is 11.0. The highest BCUT2D eigenvalue weighted by molar-refractivity contribution is 5.68. The number of rotatable bonds is 8. The fraction of sp³-hybridized carbons (Fsp3) is 0.591. The summed E-state index contributed by atoms with van der Waals surface area (Å²) in [6.45, 7) is 10.1. The highest BCUT2D eigenvalue weighted by Crippen LogP contribution is 2.44. The van der Waals surface area contributed by atoms with Crippen molar-refractivity contribution in [1.29, 1.82) is 0 Å². The summed E-state index contributed by atoms with van der Waals surface area (Å²) in [4.78, 5) is 11.0. The van der Waals surface area contributed by atoms with E-state index in [0.29, 0.717) is 12.8 Å². The van der Waals surface area contributed by atoms with Crippen LogP contribution >= 0.6 is 0 Å². The van der Waals surface area contributed by atoms with E-state index < -0.39 is 23.6 Å². The summed E-state index contributed by atoms with van der Waals surface area (Å²) in [7, 11) is 0. The molecule has 0 aromatic rings. The SMILES string of the molecule is CC(C)=CCC/C(C)=C/C=C/[C@]1(C)C[C@@H](O)CC(C)=C1[C@@H](O)CC(=O)O. The summed E-state index contributed by atoms with van der Waals surface area (Å²) >= 11 is 0. The average Bonchev–Trinajstić information content (AvgIpc) is 2.44. The molecule has 3 N–H and O–H groups in total. The second-order valence-electron chi connectivity index (χ2n) is 7.98. The smallest absolute Gasteiger partial charge is 0.306 e. The molecule has 0 amide bonds. The van der Waals surface area contributed by atoms with Gasteiger partial charge in [0.2, 0.25) is 0 Å². The zero-order valence-corrected chi connectivity index (χ0v) is 16.7. The fourth-order valence-electron chi connectivity index (χ4n) is 3.81. The summed E-state index contributed by atoms with van der Waals surface area (Å²) in [5, 5.41) is 29.7. The molecule has 0 unspecified atom stereocenters. The van der Waals surface area contributed by atoms with Crippen molar-refractivity contribution in [2.75, 3.05) is 0 Å². The third kappa shape index (κ3) is 6.93. The predicted octanol–water partition coefficient (Wildman–Crippen LogP) is 4.55. The molecule has 0 saturated carbocycles. The molecule has 0 radical (unpaired) electrons. The first kappa shape index (κ1) is 22.4. The molecule has 0 spiro atoms. The minimum absolute atomic E-state index is 0.316. The zero-order chi connectivity index (χ0) is 19.9. The number of aliphatic carboxylic acids is 1. The molecule has 4 nitrogen and oxygen atoms in total. The van der Waals surface area contributed by atoms with Gasteiger partial charge in [-0.1, -0.05) is 47.9 Å². The van der Waals surface area contributed by atoms with Crippen molar-refractivity contribution in [2.45, 2.75) is 78.9 Å². The molecule has 0 fully saturated rings. The number of hydrogen-bond donors (Lipinski definition) is 3. The number of hydrogen-bond acceptors (Lipinski definition) is 3. The zero-order valence-electron chi connectivity index (χ0n) is 16.7. The monoisotopic (exact) mass is 362 g/mol. The molecule has 4 heteroatoms. The van der Waals surface area contributed by atoms with Gasteiger partial charge in [0, 0.05) is 5.41 Å². The van der Waals surface area contributed by atoms with Gasteiger partial charge in [-0.25, -0.2) is 0 Å². The van der Waals surface area contributed by atoms with Crippen LogP contribution in [0.1, 0.15) is 66.7 Å². The molecule has 26 heavy (non-hydrogen) atoms. The van der Waals surface area contributed by atoms with Gasteiger partial charge in [-0.15, -0.1) is 0 Å². The summed E-state index contributed by atoms with van der Waals surface area (Å²) in [6, 6.07) is 0. The van der Waals surface area contributed by atoms with Gasteiger partial charge in [0.1, 0.15) is 0 Å². The first-order chi connectivity index (χ1) is 12.0. The van der Waals surface area contributed by atoms with Crippen LogP contribution in [0.2, 0.25) is 0 Å². The van der Waals surface area contributed by atoms with Crippen LogP contribution < -0.4 is 0 Å². The quantitative estimate of drug-likeness (QED) is 0.437. The Balaban J connectivity index is 2.99. The maximum Gasteiger partial charge on any atom is 0.306 e. The van der Waals surface area contributed by atoms with E-state index in [2.05, 4.69) is 32.9 Å². The van der Waals surface area contributed by atoms with Crippen LogP contribution in [0.3, 0.4) is 0 Å². The van der Waals surface area contributed by atoms with Crippen LogP contribution in [0.4, 0.5) is 0 Å². The molecule has 1 aliphatic rings. The fourth-order valence-corrected chi connectivity index (χ4v) is 3.81. The lowest BCUT2D eigenvalue weighted by molar-refractivity contribution is -0.138. The first-order valence-electron chi connectivity index (χ1n) is 9.31. The summed E-state index contributed by atoms with van der Waals surface area (Å²) in [5.74, 6) is -1.02. The van der Waals surface area contributed by atoms with E-state index in [1.807, 2.05) is 26.0 Å². The Kier molecular flexibility index (Phi) is 8.51. The molecule has 0 saturated heterocycles. The molecule has 3 atom stereocenters. The number of carbonyl (C=O) groups is 1. The van der Waals surface area contributed by atoms with Crippen molar-refractivity contribution in [2.24, 2.45) is 5.41 Å². The van der Waals surface area contributed by atoms with Crippen LogP contribution in [0.25, 0.3) is 0 Å². The highest BCUT2D eigenvalue weighted by Gasteiger charge is 2.38. The van der Waals surface area contributed by atoms with Crippen molar-refractivity contribution in [1.82, 2.24) is 0 Å². The number of aliphatic hydroxyl groups is 2. The second-order valence-corrected chi connectivity index (χ2v) is 7.98. The molecule has 146 valence electrons. The van der Waals surface area contributed by atoms with Gasteiger partial charge in [-0.05, 0) is 59.0 Å². The first-order valence-corrected chi connectivity index (χ1v) is 9.31. The topological polar surface area (TPSA) is 77.8 Å². The summed E-state index contributed by atoms with van der Waals surface area (Å²) in [5.41, 5.74) is 3.64. The van der Waals surface area contributed by atoms with Crippen molar-refractivity contribution < 1.29 is 20.1 Å². The van der Waals surface area contributed by atoms with E-state index in [-0.39, 0.29) is 6.42 Å². The minimum atomic E-state index is -1.03. The van der Waals surface area contributed by atoms with Crippen molar-refractivity contribution in [3.05, 3.63) is 46.6 Å². The van der Waals surface area contributed by atoms with E-state index in [1.54, 1.807) is 0 Å². The molecule has 0 aromatic heterocycles. The average molecular weight is 363 g/mol. The maximum absolute atomic E-state index is 11.0. The standard InChI is InChI=1S/C22H34O4/c1-15(2)8-6-9-16(3)10-7-11-22(5)14-18(23)12-17(4)21(22)19(24)13-20(25)26/h7-8,10-11,18-19,23-24H,6,9,12-14H2,1-5H3,(H,25,26)/b11-7+,16-10+/t18-,19-,22+/m0/s1. The third-order valence-corrected chi connectivity index (χ3v) is 4.91. The predicted molar refractivity (Wildman–Crippen MR) is 106 cm³/mol. The number of carboxylic acid groups (broad SMARTS) is 1. The molecule has 0 aliphatic heterocycles. The van der Waals surface area contributed by atoms with Gasteiger partial charge in [0.25, 0.3) is 0 Å². The van der Waals surface area contributed by atoms with Crippen molar-refractivity contribution >= 4 is 5.97 Å². The van der Waals surface area contributed by atoms with Gasteiger partial charge in [-0.2, -0.15) is 0 Å². The van der Waals surface area contributed by atoms with Crippen molar-refractivity contribution in [3.63, 3.8) is 0 Å². The Morgan fingerprint density at radius 2 is 2.00 bits per heavy atom. The van der Waals surface area contributed by atoms with Crippen LogP contribution in [0.15, 0.2) is 46.6 Å². The Bertz CT molecular complexity index is 620. The van der Waals surface area contributed by atoms with Gasteiger partial charge >= 0.3 is 5.97 Å². The van der Waals surface area contributed by atoms with E-state index >= 15 is 0 Å². The van der Waals surface area contributed by atoms with E-state index in [1.165, 1.54) is 11.1 Å². The summed E-state index contributed by atoms with van der Waals surface area (Å²) in [6.07, 6.45) is 9.36. The normalized spacial score (nSPS) is 25.5. The largest absolute Gasteiger partial charge is 0.481 e. The Morgan fingerprint density at radius 1 is 1.35 bits per heavy atom. The van der Waals surface area contributed by atoms with Gasteiger partial charge < -0.3 is 15.3 Å². The summed E-state index contributed by atoms with van der Waals surface area (Å²) < 4.78 is 0. The van der Waals surface area contributed by atoms with Gasteiger partial charge in [0.05, 0.1) is 18.6 Å². The Hall–Kier alpha value is -1.65. The Labute approximate surface area is 157 Å². The minimum Gasteiger partial charge on any atom is -0.481 e. The number of aliphatic hydroxyl groups excluding tert-OH is 2. The van der Waals surface area contributed by atoms with E-state index in [0.717, 1.165) is 24.0 Å². The molecule has 0 bridgehead atoms. The van der Waals surface area contributed by atoms with Crippen LogP contribution in [-0.4, -0.2) is 33.5 Å². The number of allylic oxidation sites excluding steroid dienone is 6.